The number of aromatic nitrogens is 4. The highest BCUT2D eigenvalue weighted by Crippen LogP contribution is 2.32. The van der Waals surface area contributed by atoms with Crippen molar-refractivity contribution in [2.24, 2.45) is 0 Å². The van der Waals surface area contributed by atoms with E-state index in [0.29, 0.717) is 11.2 Å². The molecule has 0 aromatic carbocycles. The lowest BCUT2D eigenvalue weighted by molar-refractivity contribution is 0.0656. The van der Waals surface area contributed by atoms with Crippen LogP contribution in [0.15, 0.2) is 24.2 Å². The molecule has 0 aliphatic carbocycles. The molecule has 1 unspecified atom stereocenters. The first-order chi connectivity index (χ1) is 8.70. The van der Waals surface area contributed by atoms with Crippen LogP contribution in [-0.4, -0.2) is 36.3 Å². The fourth-order valence-electron chi connectivity index (χ4n) is 1.92. The predicted molar refractivity (Wildman–Crippen MR) is 61.2 cm³/mol. The van der Waals surface area contributed by atoms with Crippen molar-refractivity contribution in [3.63, 3.8) is 0 Å². The van der Waals surface area contributed by atoms with Crippen LogP contribution in [0.5, 0.6) is 0 Å². The molecule has 0 saturated heterocycles. The first-order valence-electron chi connectivity index (χ1n) is 5.32. The third-order valence-electron chi connectivity index (χ3n) is 2.81. The Labute approximate surface area is 101 Å². The Morgan fingerprint density at radius 2 is 2.28 bits per heavy atom. The van der Waals surface area contributed by atoms with E-state index in [2.05, 4.69) is 15.0 Å². The summed E-state index contributed by atoms with van der Waals surface area (Å²) in [5, 5.41) is 18.6. The van der Waals surface area contributed by atoms with E-state index in [-0.39, 0.29) is 30.4 Å². The maximum atomic E-state index is 9.59. The van der Waals surface area contributed by atoms with E-state index < -0.39 is 6.23 Å². The van der Waals surface area contributed by atoms with Crippen LogP contribution in [-0.2, 0) is 4.74 Å². The number of nitrogens with two attached hydrogens (primary N) is 1. The summed E-state index contributed by atoms with van der Waals surface area (Å²) < 4.78 is 7.06. The quantitative estimate of drug-likeness (QED) is 0.689. The van der Waals surface area contributed by atoms with Gasteiger partial charge in [-0.3, -0.25) is 4.57 Å². The lowest BCUT2D eigenvalue weighted by Gasteiger charge is -2.13. The van der Waals surface area contributed by atoms with Gasteiger partial charge in [-0.1, -0.05) is 0 Å². The van der Waals surface area contributed by atoms with Gasteiger partial charge in [0, 0.05) is 0 Å². The fourth-order valence-corrected chi connectivity index (χ4v) is 1.92. The van der Waals surface area contributed by atoms with Crippen LogP contribution >= 0.6 is 0 Å². The van der Waals surface area contributed by atoms with E-state index in [1.165, 1.54) is 12.7 Å². The summed E-state index contributed by atoms with van der Waals surface area (Å²) >= 11 is 0. The normalized spacial score (nSPS) is 19.5. The molecule has 2 aromatic rings. The minimum absolute atomic E-state index is 0.0337. The Hall–Kier alpha value is -2.35. The molecule has 8 nitrogen and oxygen atoms in total. The summed E-state index contributed by atoms with van der Waals surface area (Å²) in [7, 11) is 0. The second-order valence-corrected chi connectivity index (χ2v) is 3.89. The molecule has 3 rings (SSSR count). The van der Waals surface area contributed by atoms with Crippen LogP contribution in [0.2, 0.25) is 0 Å². The van der Waals surface area contributed by atoms with Crippen LogP contribution < -0.4 is 5.73 Å². The van der Waals surface area contributed by atoms with Gasteiger partial charge in [0.25, 0.3) is 0 Å². The number of fused-ring (bicyclic) bond motifs is 1. The number of rotatable bonds is 2. The highest BCUT2D eigenvalue weighted by atomic mass is 16.5. The van der Waals surface area contributed by atoms with Gasteiger partial charge in [-0.25, -0.2) is 15.0 Å². The summed E-state index contributed by atoms with van der Waals surface area (Å²) in [5.74, 6) is 0.492. The molecular formula is C10H11N5O3. The summed E-state index contributed by atoms with van der Waals surface area (Å²) in [6, 6.07) is 0. The zero-order valence-electron chi connectivity index (χ0n) is 9.32. The van der Waals surface area contributed by atoms with Crippen LogP contribution in [0, 0.1) is 0 Å². The van der Waals surface area contributed by atoms with Crippen molar-refractivity contribution in [3.8, 4) is 0 Å². The summed E-state index contributed by atoms with van der Waals surface area (Å²) in [5.41, 5.74) is 6.69. The summed E-state index contributed by atoms with van der Waals surface area (Å²) in [6.07, 6.45) is 2.64. The van der Waals surface area contributed by atoms with E-state index in [4.69, 9.17) is 15.6 Å². The van der Waals surface area contributed by atoms with Crippen molar-refractivity contribution in [1.82, 2.24) is 19.5 Å². The van der Waals surface area contributed by atoms with Gasteiger partial charge in [0.05, 0.1) is 6.42 Å². The number of nitrogen functional groups attached to an aromatic ring is 1. The number of hydrogen-bond acceptors (Lipinski definition) is 7. The minimum atomic E-state index is -0.480. The lowest BCUT2D eigenvalue weighted by atomic mass is 10.3. The van der Waals surface area contributed by atoms with E-state index >= 15 is 0 Å². The number of hydrogen-bond donors (Lipinski definition) is 3. The van der Waals surface area contributed by atoms with E-state index in [9.17, 15) is 5.11 Å². The average molecular weight is 249 g/mol. The van der Waals surface area contributed by atoms with Crippen molar-refractivity contribution in [3.05, 3.63) is 24.2 Å². The van der Waals surface area contributed by atoms with Crippen LogP contribution in [0.4, 0.5) is 5.82 Å². The number of imidazole rings is 1. The van der Waals surface area contributed by atoms with Crippen molar-refractivity contribution >= 4 is 17.0 Å². The molecule has 0 radical (unpaired) electrons. The highest BCUT2D eigenvalue weighted by molar-refractivity contribution is 5.81. The van der Waals surface area contributed by atoms with Gasteiger partial charge in [0.15, 0.2) is 23.5 Å². The maximum Gasteiger partial charge on any atom is 0.185 e. The number of aliphatic hydroxyl groups is 2. The molecule has 0 spiro atoms. The number of anilines is 1. The molecule has 2 aromatic heterocycles. The minimum Gasteiger partial charge on any atom is -0.508 e. The van der Waals surface area contributed by atoms with Crippen molar-refractivity contribution in [1.29, 1.82) is 0 Å². The van der Waals surface area contributed by atoms with Crippen LogP contribution in [0.25, 0.3) is 11.2 Å². The van der Waals surface area contributed by atoms with Crippen LogP contribution in [0.1, 0.15) is 12.6 Å². The molecule has 8 heteroatoms. The Bertz CT molecular complexity index is 635. The molecule has 1 atom stereocenters. The average Bonchev–Trinajstić information content (AvgIpc) is 2.93. The molecule has 0 amide bonds. The van der Waals surface area contributed by atoms with E-state index in [0.717, 1.165) is 0 Å². The Morgan fingerprint density at radius 3 is 3.00 bits per heavy atom. The molecule has 18 heavy (non-hydrogen) atoms. The van der Waals surface area contributed by atoms with Gasteiger partial charge in [0.2, 0.25) is 0 Å². The van der Waals surface area contributed by atoms with Gasteiger partial charge in [-0.2, -0.15) is 0 Å². The molecule has 1 aliphatic heterocycles. The van der Waals surface area contributed by atoms with E-state index in [1.807, 2.05) is 0 Å². The van der Waals surface area contributed by atoms with Crippen LogP contribution in [0.3, 0.4) is 0 Å². The Morgan fingerprint density at radius 1 is 1.44 bits per heavy atom. The molecular weight excluding hydrogens is 238 g/mol. The van der Waals surface area contributed by atoms with Gasteiger partial charge in [-0.15, -0.1) is 0 Å². The largest absolute Gasteiger partial charge is 0.508 e. The third-order valence-corrected chi connectivity index (χ3v) is 2.81. The molecule has 4 N–H and O–H groups in total. The molecule has 1 aliphatic rings. The fraction of sp³-hybridized carbons (Fsp3) is 0.300. The summed E-state index contributed by atoms with van der Waals surface area (Å²) in [6.45, 7) is -0.341. The number of aliphatic hydroxyl groups excluding tert-OH is 2. The first-order valence-corrected chi connectivity index (χ1v) is 5.32. The van der Waals surface area contributed by atoms with Gasteiger partial charge < -0.3 is 20.7 Å². The van der Waals surface area contributed by atoms with Gasteiger partial charge >= 0.3 is 0 Å². The monoisotopic (exact) mass is 249 g/mol. The van der Waals surface area contributed by atoms with Crippen molar-refractivity contribution in [2.45, 2.75) is 12.6 Å². The Kier molecular flexibility index (Phi) is 2.30. The van der Waals surface area contributed by atoms with Gasteiger partial charge in [-0.05, 0) is 0 Å². The molecule has 0 bridgehead atoms. The zero-order valence-corrected chi connectivity index (χ0v) is 9.32. The third kappa shape index (κ3) is 1.46. The van der Waals surface area contributed by atoms with Gasteiger partial charge in [0.1, 0.15) is 30.5 Å². The topological polar surface area (TPSA) is 119 Å². The highest BCUT2D eigenvalue weighted by Gasteiger charge is 2.28. The number of nitrogens with zero attached hydrogens (tertiary/aromatic N) is 4. The molecule has 3 heterocycles. The maximum absolute atomic E-state index is 9.59. The van der Waals surface area contributed by atoms with Crippen molar-refractivity contribution < 1.29 is 14.9 Å². The second kappa shape index (κ2) is 3.84. The SMILES string of the molecule is Nc1ncnc2c1ncn2C1CC(O)=C(CO)O1. The molecule has 0 saturated carbocycles. The zero-order chi connectivity index (χ0) is 12.7. The van der Waals surface area contributed by atoms with E-state index in [1.54, 1.807) is 4.57 Å². The predicted octanol–water partition coefficient (Wildman–Crippen LogP) is 0.0893. The van der Waals surface area contributed by atoms with Crippen molar-refractivity contribution in [2.75, 3.05) is 12.3 Å². The molecule has 0 fully saturated rings. The Balaban J connectivity index is 2.00. The molecule has 94 valence electrons. The first kappa shape index (κ1) is 10.8. The number of ether oxygens (including phenoxy) is 1. The smallest absolute Gasteiger partial charge is 0.185 e. The lowest BCUT2D eigenvalue weighted by Crippen LogP contribution is -2.08. The standard InChI is InChI=1S/C10H11N5O3/c11-9-8-10(13-3-12-9)15(4-14-8)7-1-5(17)6(2-16)18-7/h3-4,7,16-17H,1-2H2,(H2,11,12,13). The summed E-state index contributed by atoms with van der Waals surface area (Å²) in [4.78, 5) is 12.0. The second-order valence-electron chi connectivity index (χ2n) is 3.89.